The van der Waals surface area contributed by atoms with Crippen molar-refractivity contribution in [2.45, 2.75) is 95.0 Å². The third kappa shape index (κ3) is 9.54. The van der Waals surface area contributed by atoms with Gasteiger partial charge in [-0.15, -0.1) is 0 Å². The van der Waals surface area contributed by atoms with E-state index in [0.29, 0.717) is 42.6 Å². The summed E-state index contributed by atoms with van der Waals surface area (Å²) in [6.45, 7) is 11.2. The molecular weight excluding hydrogens is 868 g/mol. The molecule has 17 heteroatoms. The highest BCUT2D eigenvalue weighted by molar-refractivity contribution is 7.90. The number of hydrogen-bond donors (Lipinski definition) is 3. The van der Waals surface area contributed by atoms with Gasteiger partial charge >= 0.3 is 5.69 Å². The van der Waals surface area contributed by atoms with Crippen molar-refractivity contribution < 1.29 is 27.6 Å². The lowest BCUT2D eigenvalue weighted by atomic mass is 9.59. The quantitative estimate of drug-likeness (QED) is 0.0578. The molecule has 4 aliphatic rings. The first-order valence-corrected chi connectivity index (χ1v) is 24.7. The van der Waals surface area contributed by atoms with Crippen LogP contribution in [0.1, 0.15) is 106 Å². The zero-order valence-electron chi connectivity index (χ0n) is 37.1. The van der Waals surface area contributed by atoms with Gasteiger partial charge in [-0.25, -0.2) is 23.1 Å². The number of ether oxygens (including phenoxy) is 2. The van der Waals surface area contributed by atoms with Crippen molar-refractivity contribution in [3.8, 4) is 11.5 Å². The van der Waals surface area contributed by atoms with Crippen LogP contribution in [0.15, 0.2) is 78.0 Å². The van der Waals surface area contributed by atoms with E-state index >= 15 is 0 Å². The van der Waals surface area contributed by atoms with E-state index in [0.717, 1.165) is 101 Å². The number of amides is 1. The molecular formula is C48H57ClN8O7S. The molecule has 0 radical (unpaired) electrons. The van der Waals surface area contributed by atoms with Crippen LogP contribution in [-0.2, 0) is 14.8 Å². The summed E-state index contributed by atoms with van der Waals surface area (Å²) in [7, 11) is -4.63. The number of sulfonamides is 1. The number of nitro groups is 1. The monoisotopic (exact) mass is 924 g/mol. The molecule has 9 rings (SSSR count). The molecule has 3 aromatic heterocycles. The second-order valence-electron chi connectivity index (χ2n) is 18.9. The van der Waals surface area contributed by atoms with E-state index in [1.165, 1.54) is 17.2 Å². The molecule has 15 nitrogen and oxygen atoms in total. The maximum Gasteiger partial charge on any atom is 0.312 e. The van der Waals surface area contributed by atoms with Crippen molar-refractivity contribution >= 4 is 55.8 Å². The zero-order chi connectivity index (χ0) is 45.5. The number of fused-ring (bicyclic) bond motifs is 1. The summed E-state index contributed by atoms with van der Waals surface area (Å²) in [6, 6.07) is 19.0. The lowest BCUT2D eigenvalue weighted by Crippen LogP contribution is -2.58. The van der Waals surface area contributed by atoms with E-state index < -0.39 is 31.4 Å². The Morgan fingerprint density at radius 3 is 2.57 bits per heavy atom. The molecule has 1 amide bonds. The molecule has 2 aliphatic heterocycles. The van der Waals surface area contributed by atoms with Crippen molar-refractivity contribution in [3.05, 3.63) is 105 Å². The lowest BCUT2D eigenvalue weighted by molar-refractivity contribution is -0.384. The third-order valence-electron chi connectivity index (χ3n) is 14.3. The minimum atomic E-state index is -4.63. The van der Waals surface area contributed by atoms with Crippen LogP contribution in [0, 0.1) is 27.4 Å². The molecule has 5 aromatic rings. The van der Waals surface area contributed by atoms with E-state index in [9.17, 15) is 23.3 Å². The molecule has 0 bridgehead atoms. The first-order valence-electron chi connectivity index (χ1n) is 22.8. The Kier molecular flexibility index (Phi) is 12.8. The van der Waals surface area contributed by atoms with Gasteiger partial charge in [-0.1, -0.05) is 69.5 Å². The number of halogens is 1. The van der Waals surface area contributed by atoms with Crippen molar-refractivity contribution in [1.29, 1.82) is 0 Å². The Bertz CT molecular complexity index is 2670. The van der Waals surface area contributed by atoms with Crippen LogP contribution in [-0.4, -0.2) is 84.5 Å². The topological polar surface area (TPSA) is 185 Å². The summed E-state index contributed by atoms with van der Waals surface area (Å²) >= 11 is 6.59. The highest BCUT2D eigenvalue weighted by atomic mass is 35.5. The molecule has 2 saturated heterocycles. The summed E-state index contributed by atoms with van der Waals surface area (Å²) in [6.07, 6.45) is 11.2. The van der Waals surface area contributed by atoms with Gasteiger partial charge < -0.3 is 24.7 Å². The van der Waals surface area contributed by atoms with Crippen LogP contribution in [0.4, 0.5) is 17.2 Å². The Morgan fingerprint density at radius 2 is 1.82 bits per heavy atom. The van der Waals surface area contributed by atoms with E-state index in [2.05, 4.69) is 79.8 Å². The van der Waals surface area contributed by atoms with Gasteiger partial charge in [-0.2, -0.15) is 0 Å². The number of benzene rings is 2. The zero-order valence-corrected chi connectivity index (χ0v) is 38.7. The highest BCUT2D eigenvalue weighted by Gasteiger charge is 2.49. The highest BCUT2D eigenvalue weighted by Crippen LogP contribution is 2.53. The molecule has 65 heavy (non-hydrogen) atoms. The molecule has 1 atom stereocenters. The number of morpholine rings is 1. The van der Waals surface area contributed by atoms with Gasteiger partial charge in [0.1, 0.15) is 16.3 Å². The Morgan fingerprint density at radius 1 is 1.05 bits per heavy atom. The fourth-order valence-corrected chi connectivity index (χ4v) is 11.6. The average molecular weight is 926 g/mol. The normalized spacial score (nSPS) is 21.6. The summed E-state index contributed by atoms with van der Waals surface area (Å²) in [5.41, 5.74) is 3.77. The van der Waals surface area contributed by atoms with Crippen molar-refractivity contribution in [2.75, 3.05) is 49.6 Å². The molecule has 2 saturated carbocycles. The number of rotatable bonds is 13. The van der Waals surface area contributed by atoms with Gasteiger partial charge in [0.25, 0.3) is 15.9 Å². The molecule has 2 aromatic carbocycles. The predicted molar refractivity (Wildman–Crippen MR) is 250 cm³/mol. The minimum Gasteiger partial charge on any atom is -0.453 e. The van der Waals surface area contributed by atoms with Crippen LogP contribution < -0.4 is 19.7 Å². The molecule has 344 valence electrons. The number of hydrogen-bond acceptors (Lipinski definition) is 12. The van der Waals surface area contributed by atoms with E-state index in [4.69, 9.17) is 21.1 Å². The lowest BCUT2D eigenvalue weighted by Gasteiger charge is -2.57. The fraction of sp³-hybridized carbons (Fsp3) is 0.479. The van der Waals surface area contributed by atoms with Gasteiger partial charge in [0.15, 0.2) is 10.9 Å². The number of pyridine rings is 2. The Hall–Kier alpha value is -5.29. The van der Waals surface area contributed by atoms with Gasteiger partial charge in [0.2, 0.25) is 5.82 Å². The smallest absolute Gasteiger partial charge is 0.312 e. The number of nitrogens with one attached hydrogen (secondary N) is 3. The van der Waals surface area contributed by atoms with Gasteiger partial charge in [-0.3, -0.25) is 19.8 Å². The van der Waals surface area contributed by atoms with E-state index in [1.54, 1.807) is 24.4 Å². The number of carbonyl (C=O) groups excluding carboxylic acids is 1. The SMILES string of the molecule is CC1CCC(CNc2ncc(S(=O)(=O)NC(=O)c3ccc(N4CCC5(CC4)CC(N4CCOC[C@H]4c4ccccc4C(C)C)C5)cc3Oc3cc4cc[nH]c4nc3Cl)cc2[N+](=O)[O-])CC1. The average Bonchev–Trinajstić information content (AvgIpc) is 3.75. The van der Waals surface area contributed by atoms with Crippen LogP contribution >= 0.6 is 11.6 Å². The first-order chi connectivity index (χ1) is 31.3. The number of H-pyrrole nitrogens is 1. The standard InChI is InChI=1S/C48H57ClN8O7S/c1-30(2)37-6-4-5-7-38(37)41-29-63-21-20-56(41)35-25-48(26-35)15-18-55(19-16-48)34-12-13-39(42(23-34)64-43-22-33-14-17-50-45(33)53-44(43)49)47(58)54-65(61,62)36-24-40(57(59)60)46(52-28-36)51-27-32-10-8-31(3)9-11-32/h4-7,12-14,17,22-24,28,30-32,35,41H,8-11,15-16,18-21,25-27,29H2,1-3H3,(H,50,53)(H,51,52)(H,54,58)/t31?,32?,41-/m0/s1. The maximum atomic E-state index is 14.0. The molecule has 4 fully saturated rings. The Balaban J connectivity index is 0.913. The van der Waals surface area contributed by atoms with Crippen LogP contribution in [0.2, 0.25) is 5.15 Å². The maximum absolute atomic E-state index is 14.0. The van der Waals surface area contributed by atoms with Crippen LogP contribution in [0.25, 0.3) is 11.0 Å². The van der Waals surface area contributed by atoms with E-state index in [-0.39, 0.29) is 39.5 Å². The van der Waals surface area contributed by atoms with Gasteiger partial charge in [-0.05, 0) is 97.1 Å². The fourth-order valence-electron chi connectivity index (χ4n) is 10.5. The number of piperidine rings is 1. The molecule has 5 heterocycles. The summed E-state index contributed by atoms with van der Waals surface area (Å²) in [5, 5.41) is 16.0. The minimum absolute atomic E-state index is 0.0233. The van der Waals surface area contributed by atoms with Crippen LogP contribution in [0.5, 0.6) is 11.5 Å². The predicted octanol–water partition coefficient (Wildman–Crippen LogP) is 9.61. The number of anilines is 2. The molecule has 1 spiro atoms. The number of aromatic nitrogens is 3. The molecule has 0 unspecified atom stereocenters. The van der Waals surface area contributed by atoms with Gasteiger partial charge in [0, 0.05) is 61.6 Å². The van der Waals surface area contributed by atoms with Crippen molar-refractivity contribution in [3.63, 3.8) is 0 Å². The van der Waals surface area contributed by atoms with Gasteiger partial charge in [0.05, 0.1) is 35.9 Å². The second kappa shape index (κ2) is 18.5. The molecule has 2 aliphatic carbocycles. The van der Waals surface area contributed by atoms with Crippen LogP contribution in [0.3, 0.4) is 0 Å². The van der Waals surface area contributed by atoms with Crippen molar-refractivity contribution in [2.24, 2.45) is 17.3 Å². The summed E-state index contributed by atoms with van der Waals surface area (Å²) in [4.78, 5) is 41.5. The first kappa shape index (κ1) is 44.9. The number of aromatic amines is 1. The third-order valence-corrected chi connectivity index (χ3v) is 15.9. The summed E-state index contributed by atoms with van der Waals surface area (Å²) < 4.78 is 42.0. The summed E-state index contributed by atoms with van der Waals surface area (Å²) in [5.74, 6) is 0.645. The largest absolute Gasteiger partial charge is 0.453 e. The second-order valence-corrected chi connectivity index (χ2v) is 20.9. The number of carbonyl (C=O) groups is 1. The van der Waals surface area contributed by atoms with Crippen molar-refractivity contribution in [1.82, 2.24) is 24.6 Å². The molecule has 3 N–H and O–H groups in total. The Labute approximate surface area is 384 Å². The van der Waals surface area contributed by atoms with E-state index in [1.807, 2.05) is 6.07 Å². The number of nitrogens with zero attached hydrogens (tertiary/aromatic N) is 5.